The van der Waals surface area contributed by atoms with Crippen LogP contribution in [-0.2, 0) is 19.4 Å². The third-order valence-corrected chi connectivity index (χ3v) is 6.20. The summed E-state index contributed by atoms with van der Waals surface area (Å²) in [5, 5.41) is 3.81. The van der Waals surface area contributed by atoms with Crippen molar-refractivity contribution in [3.05, 3.63) is 100 Å². The number of ether oxygens (including phenoxy) is 1. The maximum absolute atomic E-state index is 5.55. The summed E-state index contributed by atoms with van der Waals surface area (Å²) in [7, 11) is 1.76. The quantitative estimate of drug-likeness (QED) is 0.726. The first-order valence-corrected chi connectivity index (χ1v) is 9.88. The minimum absolute atomic E-state index is 0.410. The van der Waals surface area contributed by atoms with E-state index < -0.39 is 0 Å². The molecule has 1 aliphatic carbocycles. The van der Waals surface area contributed by atoms with Crippen molar-refractivity contribution < 1.29 is 4.74 Å². The van der Waals surface area contributed by atoms with E-state index in [1.54, 1.807) is 12.7 Å². The minimum atomic E-state index is 0.410. The number of hydrogen-bond donors (Lipinski definition) is 1. The molecule has 0 spiro atoms. The van der Waals surface area contributed by atoms with Crippen LogP contribution in [0, 0.1) is 0 Å². The Kier molecular flexibility index (Phi) is 4.21. The smallest absolute Gasteiger partial charge is 0.119 e. The van der Waals surface area contributed by atoms with Crippen LogP contribution in [0.2, 0.25) is 0 Å². The minimum Gasteiger partial charge on any atom is -0.497 e. The summed E-state index contributed by atoms with van der Waals surface area (Å²) >= 11 is 0. The molecule has 0 saturated carbocycles. The van der Waals surface area contributed by atoms with Gasteiger partial charge in [-0.15, -0.1) is 0 Å². The van der Waals surface area contributed by atoms with Gasteiger partial charge in [0.15, 0.2) is 0 Å². The zero-order valence-corrected chi connectivity index (χ0v) is 15.7. The molecule has 2 heteroatoms. The highest BCUT2D eigenvalue weighted by molar-refractivity contribution is 5.52. The largest absolute Gasteiger partial charge is 0.497 e. The van der Waals surface area contributed by atoms with E-state index in [9.17, 15) is 0 Å². The molecular weight excluding hydrogens is 330 g/mol. The number of benzene rings is 3. The first kappa shape index (κ1) is 16.6. The van der Waals surface area contributed by atoms with Gasteiger partial charge < -0.3 is 10.1 Å². The lowest BCUT2D eigenvalue weighted by Gasteiger charge is -2.40. The van der Waals surface area contributed by atoms with Gasteiger partial charge in [-0.25, -0.2) is 0 Å². The van der Waals surface area contributed by atoms with E-state index in [1.807, 2.05) is 0 Å². The van der Waals surface area contributed by atoms with Crippen LogP contribution >= 0.6 is 0 Å². The molecule has 136 valence electrons. The van der Waals surface area contributed by atoms with E-state index >= 15 is 0 Å². The molecule has 1 aliphatic heterocycles. The van der Waals surface area contributed by atoms with E-state index in [1.165, 1.54) is 34.2 Å². The fraction of sp³-hybridized carbons (Fsp3) is 0.280. The van der Waals surface area contributed by atoms with Gasteiger partial charge in [0, 0.05) is 18.5 Å². The van der Waals surface area contributed by atoms with E-state index in [2.05, 4.69) is 72.0 Å². The number of nitrogens with one attached hydrogen (secondary N) is 1. The maximum Gasteiger partial charge on any atom is 0.119 e. The van der Waals surface area contributed by atoms with Crippen molar-refractivity contribution >= 4 is 0 Å². The molecule has 0 saturated heterocycles. The lowest BCUT2D eigenvalue weighted by Crippen LogP contribution is -2.43. The Morgan fingerprint density at radius 2 is 1.85 bits per heavy atom. The molecule has 2 aliphatic rings. The topological polar surface area (TPSA) is 21.3 Å². The SMILES string of the molecule is COc1ccc2c(c1)C1c3c(cccc3Cc3ccccc3)CNC1CC2. The standard InChI is InChI=1S/C25H25NO/c1-27-21-12-10-18-11-13-23-25(22(18)15-21)24-19(8-5-9-20(24)16-26-23)14-17-6-3-2-4-7-17/h2-10,12,15,23,25-26H,11,13-14,16H2,1H3. The molecule has 0 bridgehead atoms. The Morgan fingerprint density at radius 1 is 0.963 bits per heavy atom. The predicted molar refractivity (Wildman–Crippen MR) is 109 cm³/mol. The monoisotopic (exact) mass is 355 g/mol. The molecule has 1 N–H and O–H groups in total. The summed E-state index contributed by atoms with van der Waals surface area (Å²) < 4.78 is 5.55. The Morgan fingerprint density at radius 3 is 2.70 bits per heavy atom. The molecule has 3 aromatic rings. The average molecular weight is 355 g/mol. The van der Waals surface area contributed by atoms with E-state index in [0.717, 1.165) is 25.1 Å². The van der Waals surface area contributed by atoms with Crippen molar-refractivity contribution in [1.29, 1.82) is 0 Å². The van der Waals surface area contributed by atoms with Gasteiger partial charge in [-0.05, 0) is 64.8 Å². The van der Waals surface area contributed by atoms with E-state index in [0.29, 0.717) is 12.0 Å². The van der Waals surface area contributed by atoms with Crippen molar-refractivity contribution in [2.45, 2.75) is 37.8 Å². The highest BCUT2D eigenvalue weighted by Gasteiger charge is 2.36. The summed E-state index contributed by atoms with van der Waals surface area (Å²) in [6.45, 7) is 0.971. The van der Waals surface area contributed by atoms with Crippen molar-refractivity contribution in [1.82, 2.24) is 5.32 Å². The summed E-state index contributed by atoms with van der Waals surface area (Å²) in [6.07, 6.45) is 3.33. The van der Waals surface area contributed by atoms with Crippen LogP contribution in [0.15, 0.2) is 66.7 Å². The molecule has 0 aromatic heterocycles. The zero-order valence-electron chi connectivity index (χ0n) is 15.7. The highest BCUT2D eigenvalue weighted by atomic mass is 16.5. The molecule has 0 amide bonds. The van der Waals surface area contributed by atoms with Crippen molar-refractivity contribution in [3.63, 3.8) is 0 Å². The lowest BCUT2D eigenvalue weighted by atomic mass is 9.70. The first-order valence-electron chi connectivity index (χ1n) is 9.88. The summed E-state index contributed by atoms with van der Waals surface area (Å²) in [4.78, 5) is 0. The molecule has 2 unspecified atom stereocenters. The molecule has 1 heterocycles. The maximum atomic E-state index is 5.55. The predicted octanol–water partition coefficient (Wildman–Crippen LogP) is 4.84. The van der Waals surface area contributed by atoms with Crippen molar-refractivity contribution in [3.8, 4) is 5.75 Å². The van der Waals surface area contributed by atoms with Crippen LogP contribution in [0.4, 0.5) is 0 Å². The van der Waals surface area contributed by atoms with Crippen LogP contribution in [0.3, 0.4) is 0 Å². The number of hydrogen-bond acceptors (Lipinski definition) is 2. The molecule has 0 fully saturated rings. The summed E-state index contributed by atoms with van der Waals surface area (Å²) in [6, 6.07) is 24.8. The molecule has 5 rings (SSSR count). The van der Waals surface area contributed by atoms with E-state index in [-0.39, 0.29) is 0 Å². The van der Waals surface area contributed by atoms with Crippen molar-refractivity contribution in [2.75, 3.05) is 7.11 Å². The van der Waals surface area contributed by atoms with Gasteiger partial charge in [-0.2, -0.15) is 0 Å². The molecule has 2 atom stereocenters. The van der Waals surface area contributed by atoms with Crippen LogP contribution in [0.5, 0.6) is 5.75 Å². The number of aryl methyl sites for hydroxylation is 1. The second-order valence-electron chi connectivity index (χ2n) is 7.72. The third kappa shape index (κ3) is 2.94. The molecule has 2 nitrogen and oxygen atoms in total. The van der Waals surface area contributed by atoms with Gasteiger partial charge >= 0.3 is 0 Å². The van der Waals surface area contributed by atoms with Gasteiger partial charge in [0.25, 0.3) is 0 Å². The van der Waals surface area contributed by atoms with Crippen LogP contribution < -0.4 is 10.1 Å². The van der Waals surface area contributed by atoms with Crippen LogP contribution in [0.25, 0.3) is 0 Å². The zero-order chi connectivity index (χ0) is 18.2. The Labute approximate surface area is 161 Å². The summed E-state index contributed by atoms with van der Waals surface area (Å²) in [5.74, 6) is 1.37. The number of methoxy groups -OCH3 is 1. The van der Waals surface area contributed by atoms with Crippen LogP contribution in [-0.4, -0.2) is 13.2 Å². The number of fused-ring (bicyclic) bond motifs is 5. The highest BCUT2D eigenvalue weighted by Crippen LogP contribution is 2.43. The van der Waals surface area contributed by atoms with Gasteiger partial charge in [-0.3, -0.25) is 0 Å². The summed E-state index contributed by atoms with van der Waals surface area (Å²) in [5.41, 5.74) is 8.74. The average Bonchev–Trinajstić information content (AvgIpc) is 2.73. The Balaban J connectivity index is 1.65. The fourth-order valence-electron chi connectivity index (χ4n) is 4.92. The first-order chi connectivity index (χ1) is 13.3. The third-order valence-electron chi connectivity index (χ3n) is 6.20. The van der Waals surface area contributed by atoms with Crippen molar-refractivity contribution in [2.24, 2.45) is 0 Å². The Hall–Kier alpha value is -2.58. The molecular formula is C25H25NO. The Bertz CT molecular complexity index is 963. The second-order valence-corrected chi connectivity index (χ2v) is 7.72. The van der Waals surface area contributed by atoms with E-state index in [4.69, 9.17) is 4.74 Å². The van der Waals surface area contributed by atoms with Gasteiger partial charge in [-0.1, -0.05) is 54.6 Å². The van der Waals surface area contributed by atoms with Gasteiger partial charge in [0.1, 0.15) is 5.75 Å². The molecule has 3 aromatic carbocycles. The fourth-order valence-corrected chi connectivity index (χ4v) is 4.92. The van der Waals surface area contributed by atoms with Gasteiger partial charge in [0.05, 0.1) is 7.11 Å². The normalized spacial score (nSPS) is 20.3. The second kappa shape index (κ2) is 6.86. The number of rotatable bonds is 3. The molecule has 0 radical (unpaired) electrons. The van der Waals surface area contributed by atoms with Gasteiger partial charge in [0.2, 0.25) is 0 Å². The van der Waals surface area contributed by atoms with Crippen LogP contribution in [0.1, 0.15) is 45.7 Å². The lowest BCUT2D eigenvalue weighted by molar-refractivity contribution is 0.386. The molecule has 27 heavy (non-hydrogen) atoms.